The molecule has 8 heteroatoms. The minimum atomic E-state index is -0.0951. The molecule has 24 heavy (non-hydrogen) atoms. The third-order valence-electron chi connectivity index (χ3n) is 4.90. The van der Waals surface area contributed by atoms with Crippen molar-refractivity contribution in [3.8, 4) is 0 Å². The van der Waals surface area contributed by atoms with Gasteiger partial charge in [-0.3, -0.25) is 4.79 Å². The number of piperidine rings is 1. The number of halogens is 1. The summed E-state index contributed by atoms with van der Waals surface area (Å²) in [7, 11) is 0. The Morgan fingerprint density at radius 2 is 2.00 bits per heavy atom. The van der Waals surface area contributed by atoms with E-state index in [0.29, 0.717) is 0 Å². The number of carbonyl (C=O) groups excluding carboxylic acids is 1. The Kier molecular flexibility index (Phi) is 5.22. The smallest absolute Gasteiger partial charge is 0.245 e. The number of hydrogen-bond acceptors (Lipinski definition) is 6. The second-order valence-corrected chi connectivity index (χ2v) is 7.25. The van der Waals surface area contributed by atoms with Gasteiger partial charge in [0.2, 0.25) is 5.91 Å². The van der Waals surface area contributed by atoms with Crippen LogP contribution in [0.25, 0.3) is 10.2 Å². The van der Waals surface area contributed by atoms with Crippen molar-refractivity contribution in [2.45, 2.75) is 37.8 Å². The van der Waals surface area contributed by atoms with Crippen LogP contribution in [-0.4, -0.2) is 52.5 Å². The van der Waals surface area contributed by atoms with Crippen molar-refractivity contribution < 1.29 is 4.79 Å². The van der Waals surface area contributed by atoms with Gasteiger partial charge in [-0.05, 0) is 37.1 Å². The van der Waals surface area contributed by atoms with Crippen molar-refractivity contribution >= 4 is 45.7 Å². The van der Waals surface area contributed by atoms with Crippen molar-refractivity contribution in [1.82, 2.24) is 14.9 Å². The van der Waals surface area contributed by atoms with Crippen LogP contribution in [0.3, 0.4) is 0 Å². The summed E-state index contributed by atoms with van der Waals surface area (Å²) in [6, 6.07) is 2.20. The summed E-state index contributed by atoms with van der Waals surface area (Å²) < 4.78 is 0. The van der Waals surface area contributed by atoms with Crippen LogP contribution in [0.5, 0.6) is 0 Å². The van der Waals surface area contributed by atoms with Gasteiger partial charge < -0.3 is 15.5 Å². The second kappa shape index (κ2) is 7.21. The number of thiophene rings is 1. The van der Waals surface area contributed by atoms with Gasteiger partial charge in [0, 0.05) is 25.7 Å². The molecule has 0 spiro atoms. The average Bonchev–Trinajstić information content (AvgIpc) is 3.23. The summed E-state index contributed by atoms with van der Waals surface area (Å²) in [5, 5.41) is 3.08. The molecule has 0 saturated carbocycles. The van der Waals surface area contributed by atoms with Crippen LogP contribution in [0, 0.1) is 0 Å². The van der Waals surface area contributed by atoms with E-state index in [0.717, 1.165) is 61.4 Å². The first-order valence-corrected chi connectivity index (χ1v) is 9.11. The van der Waals surface area contributed by atoms with Gasteiger partial charge in [-0.25, -0.2) is 9.97 Å². The van der Waals surface area contributed by atoms with Crippen molar-refractivity contribution in [2.75, 3.05) is 24.5 Å². The number of aromatic nitrogens is 2. The molecule has 0 radical (unpaired) electrons. The maximum absolute atomic E-state index is 13.0. The standard InChI is InChI=1S/C16H21N5OS.ClH/c17-11-3-7-20(8-4-11)16(22)13-2-1-6-21(13)14-12-5-9-23-15(12)19-10-18-14;/h5,9-11,13H,1-4,6-8,17H2;1H. The van der Waals surface area contributed by atoms with Gasteiger partial charge in [-0.2, -0.15) is 0 Å². The number of hydrogen-bond donors (Lipinski definition) is 1. The maximum Gasteiger partial charge on any atom is 0.245 e. The van der Waals surface area contributed by atoms with Gasteiger partial charge in [0.25, 0.3) is 0 Å². The topological polar surface area (TPSA) is 75.3 Å². The van der Waals surface area contributed by atoms with Crippen LogP contribution in [-0.2, 0) is 4.79 Å². The number of nitrogens with two attached hydrogens (primary N) is 1. The number of fused-ring (bicyclic) bond motifs is 1. The highest BCUT2D eigenvalue weighted by Crippen LogP contribution is 2.32. The van der Waals surface area contributed by atoms with Crippen LogP contribution in [0.1, 0.15) is 25.7 Å². The molecule has 2 aromatic heterocycles. The van der Waals surface area contributed by atoms with Crippen LogP contribution >= 0.6 is 23.7 Å². The summed E-state index contributed by atoms with van der Waals surface area (Å²) >= 11 is 1.61. The van der Waals surface area contributed by atoms with Gasteiger partial charge in [-0.1, -0.05) is 0 Å². The van der Waals surface area contributed by atoms with Crippen molar-refractivity contribution in [1.29, 1.82) is 0 Å². The number of amides is 1. The number of anilines is 1. The molecule has 4 heterocycles. The minimum absolute atomic E-state index is 0. The van der Waals surface area contributed by atoms with Crippen molar-refractivity contribution in [3.05, 3.63) is 17.8 Å². The van der Waals surface area contributed by atoms with Gasteiger partial charge in [0.05, 0.1) is 5.39 Å². The van der Waals surface area contributed by atoms with Gasteiger partial charge in [0.1, 0.15) is 23.0 Å². The average molecular weight is 368 g/mol. The third-order valence-corrected chi connectivity index (χ3v) is 5.72. The highest BCUT2D eigenvalue weighted by Gasteiger charge is 2.36. The molecule has 2 N–H and O–H groups in total. The predicted octanol–water partition coefficient (Wildman–Crippen LogP) is 2.03. The summed E-state index contributed by atoms with van der Waals surface area (Å²) in [5.74, 6) is 1.14. The Morgan fingerprint density at radius 3 is 2.79 bits per heavy atom. The zero-order chi connectivity index (χ0) is 15.8. The molecule has 2 aliphatic heterocycles. The van der Waals surface area contributed by atoms with E-state index in [1.54, 1.807) is 17.7 Å². The molecule has 2 fully saturated rings. The molecule has 130 valence electrons. The number of rotatable bonds is 2. The Labute approximate surface area is 151 Å². The Bertz CT molecular complexity index is 715. The number of carbonyl (C=O) groups is 1. The molecule has 0 aromatic carbocycles. The summed E-state index contributed by atoms with van der Waals surface area (Å²) in [6.45, 7) is 2.44. The van der Waals surface area contributed by atoms with Crippen LogP contribution < -0.4 is 10.6 Å². The fraction of sp³-hybridized carbons (Fsp3) is 0.562. The highest BCUT2D eigenvalue weighted by molar-refractivity contribution is 7.16. The Hall–Kier alpha value is -1.44. The fourth-order valence-electron chi connectivity index (χ4n) is 3.61. The summed E-state index contributed by atoms with van der Waals surface area (Å²) in [6.07, 6.45) is 5.34. The minimum Gasteiger partial charge on any atom is -0.344 e. The van der Waals surface area contributed by atoms with E-state index in [4.69, 9.17) is 5.73 Å². The lowest BCUT2D eigenvalue weighted by atomic mass is 10.0. The Morgan fingerprint density at radius 1 is 1.21 bits per heavy atom. The molecular weight excluding hydrogens is 346 g/mol. The second-order valence-electron chi connectivity index (χ2n) is 6.35. The lowest BCUT2D eigenvalue weighted by molar-refractivity contribution is -0.133. The van der Waals surface area contributed by atoms with Gasteiger partial charge >= 0.3 is 0 Å². The lowest BCUT2D eigenvalue weighted by Crippen LogP contribution is -2.50. The number of nitrogens with zero attached hydrogens (tertiary/aromatic N) is 4. The molecule has 0 aliphatic carbocycles. The SMILES string of the molecule is Cl.NC1CCN(C(=O)C2CCCN2c2ncnc3sccc23)CC1. The molecule has 2 aromatic rings. The quantitative estimate of drug-likeness (QED) is 0.879. The molecular formula is C16H22ClN5OS. The molecule has 1 atom stereocenters. The molecule has 2 saturated heterocycles. The molecule has 4 rings (SSSR count). The monoisotopic (exact) mass is 367 g/mol. The molecule has 2 aliphatic rings. The fourth-order valence-corrected chi connectivity index (χ4v) is 4.34. The maximum atomic E-state index is 13.0. The highest BCUT2D eigenvalue weighted by atomic mass is 35.5. The first kappa shape index (κ1) is 17.4. The first-order valence-electron chi connectivity index (χ1n) is 8.23. The van der Waals surface area contributed by atoms with E-state index in [-0.39, 0.29) is 30.4 Å². The zero-order valence-corrected chi connectivity index (χ0v) is 15.1. The summed E-state index contributed by atoms with van der Waals surface area (Å²) in [5.41, 5.74) is 5.96. The van der Waals surface area contributed by atoms with Crippen molar-refractivity contribution in [2.24, 2.45) is 5.73 Å². The van der Waals surface area contributed by atoms with E-state index >= 15 is 0 Å². The van der Waals surface area contributed by atoms with Crippen LogP contribution in [0.4, 0.5) is 5.82 Å². The summed E-state index contributed by atoms with van der Waals surface area (Å²) in [4.78, 5) is 26.9. The van der Waals surface area contributed by atoms with Crippen LogP contribution in [0.2, 0.25) is 0 Å². The molecule has 6 nitrogen and oxygen atoms in total. The largest absolute Gasteiger partial charge is 0.344 e. The van der Waals surface area contributed by atoms with E-state index in [2.05, 4.69) is 20.9 Å². The number of likely N-dealkylation sites (tertiary alicyclic amines) is 1. The Balaban J connectivity index is 0.00000169. The lowest BCUT2D eigenvalue weighted by Gasteiger charge is -2.34. The first-order chi connectivity index (χ1) is 11.2. The van der Waals surface area contributed by atoms with Crippen molar-refractivity contribution in [3.63, 3.8) is 0 Å². The normalized spacial score (nSPS) is 22.0. The van der Waals surface area contributed by atoms with E-state index in [1.165, 1.54) is 0 Å². The van der Waals surface area contributed by atoms with Crippen LogP contribution in [0.15, 0.2) is 17.8 Å². The molecule has 0 bridgehead atoms. The van der Waals surface area contributed by atoms with E-state index in [9.17, 15) is 4.79 Å². The van der Waals surface area contributed by atoms with E-state index in [1.807, 2.05) is 10.3 Å². The molecule has 1 amide bonds. The predicted molar refractivity (Wildman–Crippen MR) is 98.8 cm³/mol. The van der Waals surface area contributed by atoms with E-state index < -0.39 is 0 Å². The molecule has 1 unspecified atom stereocenters. The van der Waals surface area contributed by atoms with Gasteiger partial charge in [0.15, 0.2) is 0 Å². The third kappa shape index (κ3) is 3.08. The van der Waals surface area contributed by atoms with Gasteiger partial charge in [-0.15, -0.1) is 23.7 Å². The zero-order valence-electron chi connectivity index (χ0n) is 13.4.